The van der Waals surface area contributed by atoms with E-state index in [1.54, 1.807) is 23.5 Å². The molecule has 9 heteroatoms. The van der Waals surface area contributed by atoms with E-state index in [0.717, 1.165) is 46.5 Å². The van der Waals surface area contributed by atoms with Gasteiger partial charge in [-0.1, -0.05) is 36.4 Å². The maximum absolute atomic E-state index is 13.6. The minimum Gasteiger partial charge on any atom is -0.323 e. The SMILES string of the molecule is O=C(NC1=CN=C(Cc2ccccc2)CC1)c1n[nH]c2ccc(-c3cncc(CN4CCC(F)(F)C4)c3)cc12. The number of likely N-dealkylation sites (tertiary alicyclic amines) is 1. The summed E-state index contributed by atoms with van der Waals surface area (Å²) in [5, 5.41) is 10.9. The molecular weight excluding hydrogens is 498 g/mol. The summed E-state index contributed by atoms with van der Waals surface area (Å²) in [7, 11) is 0. The lowest BCUT2D eigenvalue weighted by molar-refractivity contribution is 0.0115. The van der Waals surface area contributed by atoms with Gasteiger partial charge in [-0.25, -0.2) is 8.78 Å². The van der Waals surface area contributed by atoms with Crippen LogP contribution in [0.2, 0.25) is 0 Å². The Morgan fingerprint density at radius 3 is 2.67 bits per heavy atom. The van der Waals surface area contributed by atoms with Crippen LogP contribution in [0.5, 0.6) is 0 Å². The lowest BCUT2D eigenvalue weighted by Gasteiger charge is -2.16. The van der Waals surface area contributed by atoms with Crippen LogP contribution in [0.25, 0.3) is 22.0 Å². The van der Waals surface area contributed by atoms with Crippen LogP contribution in [-0.2, 0) is 13.0 Å². The van der Waals surface area contributed by atoms with Crippen LogP contribution in [0.1, 0.15) is 40.9 Å². The fraction of sp³-hybridized carbons (Fsp3) is 0.267. The summed E-state index contributed by atoms with van der Waals surface area (Å²) in [5.41, 5.74) is 6.69. The Labute approximate surface area is 224 Å². The van der Waals surface area contributed by atoms with Gasteiger partial charge in [0, 0.05) is 66.9 Å². The van der Waals surface area contributed by atoms with Crippen molar-refractivity contribution in [3.05, 3.63) is 95.7 Å². The second-order valence-electron chi connectivity index (χ2n) is 10.2. The first-order chi connectivity index (χ1) is 18.9. The number of aromatic amines is 1. The fourth-order valence-electron chi connectivity index (χ4n) is 5.14. The van der Waals surface area contributed by atoms with Gasteiger partial charge in [0.25, 0.3) is 11.8 Å². The van der Waals surface area contributed by atoms with E-state index in [9.17, 15) is 13.6 Å². The van der Waals surface area contributed by atoms with Gasteiger partial charge in [0.15, 0.2) is 5.69 Å². The van der Waals surface area contributed by atoms with Gasteiger partial charge in [-0.15, -0.1) is 0 Å². The molecule has 0 unspecified atom stereocenters. The molecule has 1 fully saturated rings. The largest absolute Gasteiger partial charge is 0.323 e. The summed E-state index contributed by atoms with van der Waals surface area (Å²) in [5.74, 6) is -2.92. The first-order valence-electron chi connectivity index (χ1n) is 13.0. The molecule has 2 N–H and O–H groups in total. The van der Waals surface area contributed by atoms with E-state index in [4.69, 9.17) is 0 Å². The molecule has 0 bridgehead atoms. The van der Waals surface area contributed by atoms with Crippen molar-refractivity contribution in [1.82, 2.24) is 25.4 Å². The Morgan fingerprint density at radius 1 is 1.03 bits per heavy atom. The van der Waals surface area contributed by atoms with Crippen LogP contribution in [0, 0.1) is 0 Å². The molecule has 2 aliphatic rings. The number of nitrogens with zero attached hydrogens (tertiary/aromatic N) is 4. The molecule has 1 amide bonds. The summed E-state index contributed by atoms with van der Waals surface area (Å²) >= 11 is 0. The summed E-state index contributed by atoms with van der Waals surface area (Å²) in [6, 6.07) is 17.9. The summed E-state index contributed by atoms with van der Waals surface area (Å²) in [4.78, 5) is 23.8. The summed E-state index contributed by atoms with van der Waals surface area (Å²) < 4.78 is 27.2. The molecule has 0 saturated carbocycles. The summed E-state index contributed by atoms with van der Waals surface area (Å²) in [6.45, 7) is 0.558. The second-order valence-corrected chi connectivity index (χ2v) is 10.2. The molecule has 6 rings (SSSR count). The Bertz CT molecular complexity index is 1580. The first kappa shape index (κ1) is 25.1. The molecule has 0 atom stereocenters. The van der Waals surface area contributed by atoms with Crippen LogP contribution >= 0.6 is 0 Å². The molecule has 4 aromatic rings. The smallest absolute Gasteiger partial charge is 0.276 e. The number of amides is 1. The van der Waals surface area contributed by atoms with Gasteiger partial charge in [0.2, 0.25) is 0 Å². The van der Waals surface area contributed by atoms with Crippen molar-refractivity contribution >= 4 is 22.5 Å². The highest BCUT2D eigenvalue weighted by molar-refractivity contribution is 6.06. The monoisotopic (exact) mass is 526 g/mol. The van der Waals surface area contributed by atoms with Gasteiger partial charge < -0.3 is 5.32 Å². The third-order valence-electron chi connectivity index (χ3n) is 7.17. The molecule has 0 aliphatic carbocycles. The topological polar surface area (TPSA) is 86.3 Å². The minimum absolute atomic E-state index is 0.111. The lowest BCUT2D eigenvalue weighted by atomic mass is 10.0. The van der Waals surface area contributed by atoms with Crippen molar-refractivity contribution in [2.75, 3.05) is 13.1 Å². The van der Waals surface area contributed by atoms with Crippen LogP contribution in [0.4, 0.5) is 8.78 Å². The Balaban J connectivity index is 1.17. The highest BCUT2D eigenvalue weighted by Crippen LogP contribution is 2.29. The number of aromatic nitrogens is 3. The molecular formula is C30H28F2N6O. The van der Waals surface area contributed by atoms with Crippen LogP contribution in [0.3, 0.4) is 0 Å². The van der Waals surface area contributed by atoms with Gasteiger partial charge in [0.05, 0.1) is 12.1 Å². The highest BCUT2D eigenvalue weighted by atomic mass is 19.3. The van der Waals surface area contributed by atoms with Gasteiger partial charge in [-0.3, -0.25) is 24.8 Å². The number of pyridine rings is 1. The van der Waals surface area contributed by atoms with Crippen LogP contribution < -0.4 is 5.32 Å². The maximum Gasteiger partial charge on any atom is 0.276 e. The molecule has 0 spiro atoms. The average molecular weight is 527 g/mol. The third kappa shape index (κ3) is 5.78. The van der Waals surface area contributed by atoms with E-state index in [1.807, 2.05) is 42.5 Å². The third-order valence-corrected chi connectivity index (χ3v) is 7.17. The molecule has 2 aliphatic heterocycles. The zero-order valence-corrected chi connectivity index (χ0v) is 21.3. The number of allylic oxidation sites excluding steroid dienone is 1. The number of benzene rings is 2. The molecule has 4 heterocycles. The van der Waals surface area contributed by atoms with Crippen molar-refractivity contribution < 1.29 is 13.6 Å². The van der Waals surface area contributed by atoms with Gasteiger partial charge >= 0.3 is 0 Å². The number of aliphatic imine (C=N–C) groups is 1. The second kappa shape index (κ2) is 10.5. The number of H-pyrrole nitrogens is 1. The number of rotatable bonds is 7. The predicted molar refractivity (Wildman–Crippen MR) is 147 cm³/mol. The molecule has 0 radical (unpaired) electrons. The standard InChI is InChI=1S/C30H28F2N6O/c31-30(32)10-11-38(19-30)18-21-12-23(16-33-15-21)22-6-9-27-26(14-22)28(37-36-27)29(39)35-25-8-7-24(34-17-25)13-20-4-2-1-3-5-20/h1-6,9,12,14-17H,7-8,10-11,13,18-19H2,(H,35,39)(H,36,37). The van der Waals surface area contributed by atoms with Crippen molar-refractivity contribution in [2.24, 2.45) is 4.99 Å². The Kier molecular flexibility index (Phi) is 6.74. The maximum atomic E-state index is 13.6. The number of alkyl halides is 2. The Hall–Kier alpha value is -4.24. The van der Waals surface area contributed by atoms with Gasteiger partial charge in [-0.05, 0) is 47.7 Å². The number of carbonyl (C=O) groups is 1. The van der Waals surface area contributed by atoms with E-state index < -0.39 is 5.92 Å². The van der Waals surface area contributed by atoms with Crippen molar-refractivity contribution in [2.45, 2.75) is 38.2 Å². The van der Waals surface area contributed by atoms with E-state index >= 15 is 0 Å². The Morgan fingerprint density at radius 2 is 1.90 bits per heavy atom. The van der Waals surface area contributed by atoms with Crippen molar-refractivity contribution in [3.8, 4) is 11.1 Å². The number of hydrogen-bond acceptors (Lipinski definition) is 5. The van der Waals surface area contributed by atoms with Gasteiger partial charge in [0.1, 0.15) is 0 Å². The molecule has 198 valence electrons. The lowest BCUT2D eigenvalue weighted by Crippen LogP contribution is -2.25. The predicted octanol–water partition coefficient (Wildman–Crippen LogP) is 5.51. The molecule has 2 aromatic carbocycles. The molecule has 39 heavy (non-hydrogen) atoms. The van der Waals surface area contributed by atoms with Crippen LogP contribution in [-0.4, -0.2) is 50.7 Å². The van der Waals surface area contributed by atoms with Crippen molar-refractivity contribution in [1.29, 1.82) is 0 Å². The normalized spacial score (nSPS) is 17.2. The van der Waals surface area contributed by atoms with Crippen LogP contribution in [0.15, 0.2) is 83.9 Å². The highest BCUT2D eigenvalue weighted by Gasteiger charge is 2.37. The number of halogens is 2. The summed E-state index contributed by atoms with van der Waals surface area (Å²) in [6.07, 6.45) is 7.35. The minimum atomic E-state index is -2.63. The van der Waals surface area contributed by atoms with Crippen molar-refractivity contribution in [3.63, 3.8) is 0 Å². The fourth-order valence-corrected chi connectivity index (χ4v) is 5.14. The molecule has 7 nitrogen and oxygen atoms in total. The van der Waals surface area contributed by atoms with Gasteiger partial charge in [-0.2, -0.15) is 5.10 Å². The van der Waals surface area contributed by atoms with E-state index in [0.29, 0.717) is 30.6 Å². The van der Waals surface area contributed by atoms with E-state index in [2.05, 4.69) is 37.6 Å². The number of hydrogen-bond donors (Lipinski definition) is 2. The number of carbonyl (C=O) groups excluding carboxylic acids is 1. The zero-order valence-electron chi connectivity index (χ0n) is 21.3. The van der Waals surface area contributed by atoms with E-state index in [1.165, 1.54) is 5.56 Å². The first-order valence-corrected chi connectivity index (χ1v) is 13.0. The van der Waals surface area contributed by atoms with E-state index in [-0.39, 0.29) is 18.9 Å². The average Bonchev–Trinajstić information content (AvgIpc) is 3.52. The molecule has 2 aromatic heterocycles. The molecule has 1 saturated heterocycles. The number of nitrogens with one attached hydrogen (secondary N) is 2. The zero-order chi connectivity index (χ0) is 26.8. The number of fused-ring (bicyclic) bond motifs is 1. The quantitative estimate of drug-likeness (QED) is 0.332.